The third kappa shape index (κ3) is 4.24. The van der Waals surface area contributed by atoms with Gasteiger partial charge in [-0.3, -0.25) is 0 Å². The number of phenolic OH excluding ortho intramolecular Hbond substituents is 1. The second-order valence-corrected chi connectivity index (χ2v) is 10.3. The number of nitrogens with zero attached hydrogens (tertiary/aromatic N) is 5. The molecule has 188 valence electrons. The Morgan fingerprint density at radius 1 is 1.00 bits per heavy atom. The van der Waals surface area contributed by atoms with Crippen molar-refractivity contribution < 1.29 is 18.6 Å². The molecule has 36 heavy (non-hydrogen) atoms. The number of benzene rings is 1. The Kier molecular flexibility index (Phi) is 5.93. The lowest BCUT2D eigenvalue weighted by Crippen LogP contribution is -2.52. The van der Waals surface area contributed by atoms with E-state index in [0.29, 0.717) is 22.9 Å². The summed E-state index contributed by atoms with van der Waals surface area (Å²) in [5, 5.41) is 19.4. The highest BCUT2D eigenvalue weighted by molar-refractivity contribution is 5.73. The fourth-order valence-electron chi connectivity index (χ4n) is 6.02. The van der Waals surface area contributed by atoms with Gasteiger partial charge in [-0.05, 0) is 61.6 Å². The first-order valence-corrected chi connectivity index (χ1v) is 12.7. The molecule has 2 aromatic heterocycles. The van der Waals surface area contributed by atoms with Gasteiger partial charge in [0.15, 0.2) is 11.6 Å². The summed E-state index contributed by atoms with van der Waals surface area (Å²) >= 11 is 0. The molecule has 0 spiro atoms. The van der Waals surface area contributed by atoms with Crippen molar-refractivity contribution in [2.24, 2.45) is 11.8 Å². The molecule has 1 aromatic carbocycles. The molecule has 3 aliphatic carbocycles. The van der Waals surface area contributed by atoms with Crippen LogP contribution in [0.1, 0.15) is 44.9 Å². The van der Waals surface area contributed by atoms with E-state index in [2.05, 4.69) is 25.1 Å². The molecule has 0 radical (unpaired) electrons. The summed E-state index contributed by atoms with van der Waals surface area (Å²) in [4.78, 5) is 10.5. The topological polar surface area (TPSA) is 84.3 Å². The predicted octanol–water partition coefficient (Wildman–Crippen LogP) is 5.34. The minimum Gasteiger partial charge on any atom is -0.507 e. The average molecular weight is 494 g/mol. The molecular weight excluding hydrogens is 464 g/mol. The van der Waals surface area contributed by atoms with E-state index in [9.17, 15) is 9.50 Å². The Morgan fingerprint density at radius 2 is 1.86 bits per heavy atom. The van der Waals surface area contributed by atoms with Crippen molar-refractivity contribution in [2.75, 3.05) is 12.0 Å². The number of hydrogen-bond acceptors (Lipinski definition) is 7. The molecule has 3 aliphatic rings. The van der Waals surface area contributed by atoms with Crippen LogP contribution in [0.2, 0.25) is 0 Å². The quantitative estimate of drug-likeness (QED) is 0.496. The van der Waals surface area contributed by atoms with Gasteiger partial charge in [0.2, 0.25) is 5.88 Å². The minimum absolute atomic E-state index is 0.0970. The Bertz CT molecular complexity index is 1250. The zero-order valence-electron chi connectivity index (χ0n) is 20.1. The number of aromatic hydroxyl groups is 1. The van der Waals surface area contributed by atoms with Gasteiger partial charge >= 0.3 is 0 Å². The molecule has 7 nitrogen and oxygen atoms in total. The molecule has 4 atom stereocenters. The molecule has 0 aliphatic heterocycles. The van der Waals surface area contributed by atoms with Crippen molar-refractivity contribution >= 4 is 5.82 Å². The van der Waals surface area contributed by atoms with Crippen molar-refractivity contribution in [1.29, 1.82) is 0 Å². The third-order valence-corrected chi connectivity index (χ3v) is 7.92. The van der Waals surface area contributed by atoms with Crippen molar-refractivity contribution in [3.05, 3.63) is 42.5 Å². The molecule has 2 bridgehead atoms. The van der Waals surface area contributed by atoms with Crippen LogP contribution in [-0.4, -0.2) is 50.6 Å². The molecule has 0 saturated heterocycles. The maximum Gasteiger partial charge on any atom is 0.213 e. The van der Waals surface area contributed by atoms with Crippen LogP contribution in [0, 0.1) is 17.7 Å². The van der Waals surface area contributed by atoms with E-state index in [1.807, 2.05) is 0 Å². The molecule has 3 saturated carbocycles. The lowest BCUT2D eigenvalue weighted by Gasteiger charge is -2.46. The van der Waals surface area contributed by atoms with E-state index in [0.717, 1.165) is 44.7 Å². The number of fused-ring (bicyclic) bond motifs is 2. The monoisotopic (exact) mass is 493 g/mol. The largest absolute Gasteiger partial charge is 0.507 e. The van der Waals surface area contributed by atoms with Crippen LogP contribution in [0.3, 0.4) is 0 Å². The highest BCUT2D eigenvalue weighted by Crippen LogP contribution is 2.46. The van der Waals surface area contributed by atoms with Crippen molar-refractivity contribution in [1.82, 2.24) is 20.2 Å². The normalized spacial score (nSPS) is 25.4. The summed E-state index contributed by atoms with van der Waals surface area (Å²) in [5.41, 5.74) is 1.11. The van der Waals surface area contributed by atoms with E-state index >= 15 is 4.39 Å². The van der Waals surface area contributed by atoms with Gasteiger partial charge in [0.25, 0.3) is 0 Å². The summed E-state index contributed by atoms with van der Waals surface area (Å²) < 4.78 is 34.9. The van der Waals surface area contributed by atoms with Crippen LogP contribution in [0.5, 0.6) is 11.6 Å². The second-order valence-electron chi connectivity index (χ2n) is 10.3. The average Bonchev–Trinajstić information content (AvgIpc) is 3.73. The number of phenols is 1. The summed E-state index contributed by atoms with van der Waals surface area (Å²) in [5.74, 6) is 1.23. The molecule has 2 heterocycles. The maximum absolute atomic E-state index is 15.5. The molecule has 3 aromatic rings. The Labute approximate surface area is 208 Å². The van der Waals surface area contributed by atoms with Gasteiger partial charge in [0.1, 0.15) is 17.7 Å². The molecule has 3 fully saturated rings. The number of rotatable bonds is 6. The number of aromatic nitrogens is 4. The summed E-state index contributed by atoms with van der Waals surface area (Å²) in [6, 6.07) is 6.34. The van der Waals surface area contributed by atoms with Crippen LogP contribution in [0.15, 0.2) is 36.7 Å². The summed E-state index contributed by atoms with van der Waals surface area (Å²) in [6.07, 6.45) is 9.07. The standard InChI is InChI=1S/C27H29F2N5O2/c1-36-25-12-20(21(28)13-30-25)16-5-8-19(23(35)11-16)27-31-14-24(32-33-27)34(18-6-7-18)22-10-15-3-2-4-17(9-15)26(22)29/h5,8,11-15,17-18,22,26,35H,2-4,6-7,9-10H2,1H3/t15-,17+,22+,26-/m1/s1. The zero-order chi connectivity index (χ0) is 24.8. The van der Waals surface area contributed by atoms with Gasteiger partial charge in [-0.1, -0.05) is 18.9 Å². The van der Waals surface area contributed by atoms with Crippen LogP contribution in [-0.2, 0) is 0 Å². The third-order valence-electron chi connectivity index (χ3n) is 7.92. The highest BCUT2D eigenvalue weighted by Gasteiger charge is 2.46. The minimum atomic E-state index is -0.854. The molecule has 0 unspecified atom stereocenters. The predicted molar refractivity (Wildman–Crippen MR) is 131 cm³/mol. The van der Waals surface area contributed by atoms with Crippen LogP contribution >= 0.6 is 0 Å². The zero-order valence-corrected chi connectivity index (χ0v) is 20.1. The highest BCUT2D eigenvalue weighted by atomic mass is 19.1. The number of pyridine rings is 1. The van der Waals surface area contributed by atoms with Gasteiger partial charge in [-0.2, -0.15) is 0 Å². The first kappa shape index (κ1) is 23.1. The number of ether oxygens (including phenoxy) is 1. The van der Waals surface area contributed by atoms with Crippen LogP contribution < -0.4 is 9.64 Å². The second kappa shape index (κ2) is 9.26. The fourth-order valence-corrected chi connectivity index (χ4v) is 6.02. The lowest BCUT2D eigenvalue weighted by atomic mass is 9.69. The van der Waals surface area contributed by atoms with Gasteiger partial charge in [0.05, 0.1) is 31.1 Å². The van der Waals surface area contributed by atoms with Gasteiger partial charge < -0.3 is 14.7 Å². The first-order chi connectivity index (χ1) is 17.5. The number of methoxy groups -OCH3 is 1. The molecule has 6 rings (SSSR count). The molecule has 0 amide bonds. The fraction of sp³-hybridized carbons (Fsp3) is 0.481. The van der Waals surface area contributed by atoms with E-state index < -0.39 is 12.0 Å². The Hall–Kier alpha value is -3.36. The number of halogens is 2. The first-order valence-electron chi connectivity index (χ1n) is 12.7. The lowest BCUT2D eigenvalue weighted by molar-refractivity contribution is 0.0631. The van der Waals surface area contributed by atoms with E-state index in [1.165, 1.54) is 25.7 Å². The van der Waals surface area contributed by atoms with E-state index in [1.54, 1.807) is 18.3 Å². The van der Waals surface area contributed by atoms with Crippen molar-refractivity contribution in [2.45, 2.75) is 63.2 Å². The molecule has 9 heteroatoms. The number of anilines is 1. The maximum atomic E-state index is 15.5. The van der Waals surface area contributed by atoms with Gasteiger partial charge in [-0.15, -0.1) is 10.2 Å². The molecule has 1 N–H and O–H groups in total. The Balaban J connectivity index is 1.26. The van der Waals surface area contributed by atoms with Crippen molar-refractivity contribution in [3.8, 4) is 34.1 Å². The van der Waals surface area contributed by atoms with Gasteiger partial charge in [0, 0.05) is 17.7 Å². The summed E-state index contributed by atoms with van der Waals surface area (Å²) in [7, 11) is 1.45. The SMILES string of the molecule is COc1cc(-c2ccc(-c3ncc(N(C4CC4)[C@H]4C[C@@H]5CCC[C@@H](C5)[C@H]4F)nn3)c(O)c2)c(F)cn1. The smallest absolute Gasteiger partial charge is 0.213 e. The van der Waals surface area contributed by atoms with E-state index in [-0.39, 0.29) is 41.0 Å². The van der Waals surface area contributed by atoms with Crippen LogP contribution in [0.4, 0.5) is 14.6 Å². The van der Waals surface area contributed by atoms with Crippen LogP contribution in [0.25, 0.3) is 22.5 Å². The number of alkyl halides is 1. The summed E-state index contributed by atoms with van der Waals surface area (Å²) in [6.45, 7) is 0. The van der Waals surface area contributed by atoms with Gasteiger partial charge in [-0.25, -0.2) is 18.7 Å². The molecular formula is C27H29F2N5O2. The number of hydrogen-bond donors (Lipinski definition) is 1. The van der Waals surface area contributed by atoms with E-state index in [4.69, 9.17) is 4.74 Å². The Morgan fingerprint density at radius 3 is 2.58 bits per heavy atom. The van der Waals surface area contributed by atoms with Crippen molar-refractivity contribution in [3.63, 3.8) is 0 Å².